The second kappa shape index (κ2) is 5.48. The fourth-order valence-corrected chi connectivity index (χ4v) is 1.19. The molecule has 4 nitrogen and oxygen atoms in total. The smallest absolute Gasteiger partial charge is 0.335 e. The van der Waals surface area contributed by atoms with Crippen LogP contribution < -0.4 is 5.32 Å². The Morgan fingerprint density at radius 2 is 2.00 bits per heavy atom. The Morgan fingerprint density at radius 1 is 1.40 bits per heavy atom. The summed E-state index contributed by atoms with van der Waals surface area (Å²) in [6.07, 6.45) is -0.372. The van der Waals surface area contributed by atoms with Crippen LogP contribution >= 0.6 is 0 Å². The second-order valence-electron chi connectivity index (χ2n) is 3.48. The first kappa shape index (κ1) is 11.7. The maximum absolute atomic E-state index is 10.6. The van der Waals surface area contributed by atoms with Crippen LogP contribution in [-0.4, -0.2) is 28.8 Å². The van der Waals surface area contributed by atoms with Crippen LogP contribution in [0.15, 0.2) is 24.3 Å². The van der Waals surface area contributed by atoms with Crippen molar-refractivity contribution in [2.24, 2.45) is 0 Å². The number of aromatic carboxylic acids is 1. The summed E-state index contributed by atoms with van der Waals surface area (Å²) in [4.78, 5) is 10.6. The van der Waals surface area contributed by atoms with E-state index in [2.05, 4.69) is 5.32 Å². The molecule has 0 saturated heterocycles. The van der Waals surface area contributed by atoms with Gasteiger partial charge in [-0.3, -0.25) is 0 Å². The lowest BCUT2D eigenvalue weighted by Gasteiger charge is -2.06. The summed E-state index contributed by atoms with van der Waals surface area (Å²) in [5, 5.41) is 20.7. The molecule has 15 heavy (non-hydrogen) atoms. The largest absolute Gasteiger partial charge is 0.478 e. The predicted molar refractivity (Wildman–Crippen MR) is 56.8 cm³/mol. The summed E-state index contributed by atoms with van der Waals surface area (Å²) < 4.78 is 0. The fourth-order valence-electron chi connectivity index (χ4n) is 1.19. The molecule has 4 heteroatoms. The van der Waals surface area contributed by atoms with E-state index >= 15 is 0 Å². The topological polar surface area (TPSA) is 69.6 Å². The van der Waals surface area contributed by atoms with E-state index in [0.717, 1.165) is 5.56 Å². The highest BCUT2D eigenvalue weighted by Gasteiger charge is 2.01. The predicted octanol–water partition coefficient (Wildman–Crippen LogP) is 0.855. The molecular weight excluding hydrogens is 194 g/mol. The molecule has 1 atom stereocenters. The molecule has 0 unspecified atom stereocenters. The standard InChI is InChI=1S/C11H15NO3/c1-8(13)6-12-7-9-2-4-10(5-3-9)11(14)15/h2-5,8,12-13H,6-7H2,1H3,(H,14,15)/t8-/m1/s1. The number of aliphatic hydroxyl groups excluding tert-OH is 1. The SMILES string of the molecule is C[C@@H](O)CNCc1ccc(C(=O)O)cc1. The summed E-state index contributed by atoms with van der Waals surface area (Å²) in [6, 6.07) is 6.67. The van der Waals surface area contributed by atoms with Crippen molar-refractivity contribution in [3.8, 4) is 0 Å². The minimum absolute atomic E-state index is 0.286. The highest BCUT2D eigenvalue weighted by molar-refractivity contribution is 5.87. The molecule has 0 radical (unpaired) electrons. The number of nitrogens with one attached hydrogen (secondary N) is 1. The van der Waals surface area contributed by atoms with E-state index in [-0.39, 0.29) is 11.7 Å². The van der Waals surface area contributed by atoms with Crippen molar-refractivity contribution in [3.05, 3.63) is 35.4 Å². The quantitative estimate of drug-likeness (QED) is 0.672. The van der Waals surface area contributed by atoms with E-state index in [9.17, 15) is 4.79 Å². The molecule has 0 heterocycles. The molecular formula is C11H15NO3. The minimum atomic E-state index is -0.918. The second-order valence-corrected chi connectivity index (χ2v) is 3.48. The van der Waals surface area contributed by atoms with Crippen LogP contribution in [-0.2, 0) is 6.54 Å². The van der Waals surface area contributed by atoms with Gasteiger partial charge in [-0.05, 0) is 24.6 Å². The third kappa shape index (κ3) is 4.10. The van der Waals surface area contributed by atoms with E-state index in [4.69, 9.17) is 10.2 Å². The molecule has 0 aromatic heterocycles. The molecule has 0 fully saturated rings. The molecule has 0 aliphatic rings. The van der Waals surface area contributed by atoms with Gasteiger partial charge in [-0.25, -0.2) is 4.79 Å². The van der Waals surface area contributed by atoms with Crippen LogP contribution in [0, 0.1) is 0 Å². The van der Waals surface area contributed by atoms with E-state index < -0.39 is 5.97 Å². The Kier molecular flexibility index (Phi) is 4.27. The zero-order valence-corrected chi connectivity index (χ0v) is 8.60. The van der Waals surface area contributed by atoms with Crippen molar-refractivity contribution in [1.29, 1.82) is 0 Å². The normalized spacial score (nSPS) is 12.4. The minimum Gasteiger partial charge on any atom is -0.478 e. The zero-order chi connectivity index (χ0) is 11.3. The highest BCUT2D eigenvalue weighted by atomic mass is 16.4. The Bertz CT molecular complexity index is 319. The van der Waals surface area contributed by atoms with Crippen molar-refractivity contribution < 1.29 is 15.0 Å². The van der Waals surface area contributed by atoms with Gasteiger partial charge in [0, 0.05) is 13.1 Å². The number of benzene rings is 1. The van der Waals surface area contributed by atoms with Crippen molar-refractivity contribution >= 4 is 5.97 Å². The van der Waals surface area contributed by atoms with Crippen molar-refractivity contribution in [2.75, 3.05) is 6.54 Å². The Hall–Kier alpha value is -1.39. The van der Waals surface area contributed by atoms with Crippen LogP contribution in [0.5, 0.6) is 0 Å². The number of hydrogen-bond donors (Lipinski definition) is 3. The van der Waals surface area contributed by atoms with Crippen LogP contribution in [0.25, 0.3) is 0 Å². The average molecular weight is 209 g/mol. The number of carbonyl (C=O) groups is 1. The molecule has 3 N–H and O–H groups in total. The molecule has 1 rings (SSSR count). The number of aliphatic hydroxyl groups is 1. The Labute approximate surface area is 88.6 Å². The van der Waals surface area contributed by atoms with E-state index in [1.54, 1.807) is 31.2 Å². The van der Waals surface area contributed by atoms with Crippen LogP contribution in [0.1, 0.15) is 22.8 Å². The summed E-state index contributed by atoms with van der Waals surface area (Å²) in [6.45, 7) is 2.87. The first-order chi connectivity index (χ1) is 7.09. The molecule has 0 aliphatic carbocycles. The molecule has 1 aromatic carbocycles. The molecule has 0 amide bonds. The van der Waals surface area contributed by atoms with Crippen molar-refractivity contribution in [1.82, 2.24) is 5.32 Å². The van der Waals surface area contributed by atoms with E-state index in [1.807, 2.05) is 0 Å². The first-order valence-electron chi connectivity index (χ1n) is 4.80. The fraction of sp³-hybridized carbons (Fsp3) is 0.364. The number of hydrogen-bond acceptors (Lipinski definition) is 3. The molecule has 0 bridgehead atoms. The maximum atomic E-state index is 10.6. The van der Waals surface area contributed by atoms with Gasteiger partial charge in [-0.15, -0.1) is 0 Å². The van der Waals surface area contributed by atoms with E-state index in [1.165, 1.54) is 0 Å². The third-order valence-corrected chi connectivity index (χ3v) is 1.97. The molecule has 0 saturated carbocycles. The highest BCUT2D eigenvalue weighted by Crippen LogP contribution is 2.03. The maximum Gasteiger partial charge on any atom is 0.335 e. The summed E-state index contributed by atoms with van der Waals surface area (Å²) in [5.74, 6) is -0.918. The molecule has 82 valence electrons. The van der Waals surface area contributed by atoms with Gasteiger partial charge < -0.3 is 15.5 Å². The third-order valence-electron chi connectivity index (χ3n) is 1.97. The van der Waals surface area contributed by atoms with Gasteiger partial charge in [0.25, 0.3) is 0 Å². The van der Waals surface area contributed by atoms with Gasteiger partial charge in [0.2, 0.25) is 0 Å². The molecule has 0 spiro atoms. The lowest BCUT2D eigenvalue weighted by atomic mass is 10.1. The number of rotatable bonds is 5. The Balaban J connectivity index is 2.46. The summed E-state index contributed by atoms with van der Waals surface area (Å²) >= 11 is 0. The van der Waals surface area contributed by atoms with Gasteiger partial charge in [0.1, 0.15) is 0 Å². The molecule has 1 aromatic rings. The first-order valence-corrected chi connectivity index (χ1v) is 4.80. The van der Waals surface area contributed by atoms with Gasteiger partial charge >= 0.3 is 5.97 Å². The lowest BCUT2D eigenvalue weighted by molar-refractivity contribution is 0.0697. The van der Waals surface area contributed by atoms with Gasteiger partial charge in [-0.2, -0.15) is 0 Å². The summed E-state index contributed by atoms with van der Waals surface area (Å²) in [5.41, 5.74) is 1.29. The van der Waals surface area contributed by atoms with Crippen molar-refractivity contribution in [2.45, 2.75) is 19.6 Å². The van der Waals surface area contributed by atoms with Crippen molar-refractivity contribution in [3.63, 3.8) is 0 Å². The number of carboxylic acids is 1. The average Bonchev–Trinajstić information content (AvgIpc) is 2.18. The van der Waals surface area contributed by atoms with Gasteiger partial charge in [-0.1, -0.05) is 12.1 Å². The zero-order valence-electron chi connectivity index (χ0n) is 8.60. The summed E-state index contributed by atoms with van der Waals surface area (Å²) in [7, 11) is 0. The van der Waals surface area contributed by atoms with Crippen LogP contribution in [0.2, 0.25) is 0 Å². The lowest BCUT2D eigenvalue weighted by Crippen LogP contribution is -2.23. The number of carboxylic acid groups (broad SMARTS) is 1. The molecule has 0 aliphatic heterocycles. The Morgan fingerprint density at radius 3 is 2.47 bits per heavy atom. The van der Waals surface area contributed by atoms with Gasteiger partial charge in [0.05, 0.1) is 11.7 Å². The van der Waals surface area contributed by atoms with E-state index in [0.29, 0.717) is 13.1 Å². The monoisotopic (exact) mass is 209 g/mol. The van der Waals surface area contributed by atoms with Gasteiger partial charge in [0.15, 0.2) is 0 Å². The van der Waals surface area contributed by atoms with Crippen LogP contribution in [0.3, 0.4) is 0 Å². The van der Waals surface area contributed by atoms with Crippen LogP contribution in [0.4, 0.5) is 0 Å².